The number of aromatic hydroxyl groups is 1. The second-order valence-electron chi connectivity index (χ2n) is 14.9. The van der Waals surface area contributed by atoms with Crippen molar-refractivity contribution in [3.05, 3.63) is 131 Å². The summed E-state index contributed by atoms with van der Waals surface area (Å²) in [6.45, 7) is 0.291. The van der Waals surface area contributed by atoms with Crippen molar-refractivity contribution >= 4 is 62.7 Å². The van der Waals surface area contributed by atoms with Crippen molar-refractivity contribution in [2.24, 2.45) is 23.3 Å². The van der Waals surface area contributed by atoms with Gasteiger partial charge in [-0.05, 0) is 103 Å². The Hall–Kier alpha value is -6.31. The molecule has 3 aromatic heterocycles. The van der Waals surface area contributed by atoms with Crippen LogP contribution in [0.3, 0.4) is 0 Å². The molecule has 0 aliphatic heterocycles. The van der Waals surface area contributed by atoms with E-state index in [2.05, 4.69) is 25.6 Å². The maximum atomic E-state index is 14.5. The number of carbonyl (C=O) groups is 5. The van der Waals surface area contributed by atoms with Gasteiger partial charge >= 0.3 is 0 Å². The minimum Gasteiger partial charge on any atom is -0.508 e. The Balaban J connectivity index is 1.27. The smallest absolute Gasteiger partial charge is 0.224 e. The highest BCUT2D eigenvalue weighted by Gasteiger charge is 2.33. The quantitative estimate of drug-likeness (QED) is 0.0521. The zero-order valence-corrected chi connectivity index (χ0v) is 33.2. The summed E-state index contributed by atoms with van der Waals surface area (Å²) < 4.78 is 0. The van der Waals surface area contributed by atoms with E-state index in [0.29, 0.717) is 28.9 Å². The molecule has 0 spiro atoms. The predicted molar refractivity (Wildman–Crippen MR) is 226 cm³/mol. The van der Waals surface area contributed by atoms with Crippen molar-refractivity contribution in [1.29, 1.82) is 0 Å². The van der Waals surface area contributed by atoms with Gasteiger partial charge in [0.15, 0.2) is 11.6 Å². The van der Waals surface area contributed by atoms with E-state index in [4.69, 9.17) is 23.1 Å². The lowest BCUT2D eigenvalue weighted by Gasteiger charge is -2.25. The zero-order valence-electron chi connectivity index (χ0n) is 32.5. The summed E-state index contributed by atoms with van der Waals surface area (Å²) in [4.78, 5) is 79.5. The lowest BCUT2D eigenvalue weighted by molar-refractivity contribution is -0.134. The van der Waals surface area contributed by atoms with Crippen LogP contribution in [0.1, 0.15) is 47.9 Å². The first-order valence-corrected chi connectivity index (χ1v) is 20.0. The summed E-state index contributed by atoms with van der Waals surface area (Å²) in [6.07, 6.45) is 7.20. The minimum atomic E-state index is -1.08. The molecule has 14 heteroatoms. The van der Waals surface area contributed by atoms with E-state index >= 15 is 0 Å². The van der Waals surface area contributed by atoms with Crippen molar-refractivity contribution in [3.8, 4) is 5.75 Å². The Morgan fingerprint density at radius 1 is 0.712 bits per heavy atom. The number of primary amides is 1. The molecule has 306 valence electrons. The van der Waals surface area contributed by atoms with E-state index in [0.717, 1.165) is 33.1 Å². The number of phenols is 1. The van der Waals surface area contributed by atoms with E-state index < -0.39 is 47.3 Å². The number of nitrogens with zero attached hydrogens (tertiary/aromatic N) is 1. The van der Waals surface area contributed by atoms with Crippen LogP contribution < -0.4 is 22.1 Å². The van der Waals surface area contributed by atoms with Gasteiger partial charge in [0, 0.05) is 89.1 Å². The van der Waals surface area contributed by atoms with Gasteiger partial charge in [-0.25, -0.2) is 0 Å². The predicted octanol–water partition coefficient (Wildman–Crippen LogP) is 5.02. The highest BCUT2D eigenvalue weighted by atomic mass is 35.5. The van der Waals surface area contributed by atoms with Crippen LogP contribution in [0, 0.1) is 11.8 Å². The summed E-state index contributed by atoms with van der Waals surface area (Å²) >= 11 is 6.18. The molecule has 0 fully saturated rings. The van der Waals surface area contributed by atoms with Gasteiger partial charge in [0.1, 0.15) is 5.75 Å². The van der Waals surface area contributed by atoms with Crippen LogP contribution in [0.4, 0.5) is 0 Å². The Morgan fingerprint density at radius 3 is 2.03 bits per heavy atom. The van der Waals surface area contributed by atoms with Crippen LogP contribution in [-0.2, 0) is 49.7 Å². The number of halogens is 1. The molecular formula is C45H48ClN7O6. The summed E-state index contributed by atoms with van der Waals surface area (Å²) in [6, 6.07) is 20.7. The Morgan fingerprint density at radius 2 is 1.34 bits per heavy atom. The van der Waals surface area contributed by atoms with Crippen LogP contribution in [0.25, 0.3) is 21.8 Å². The lowest BCUT2D eigenvalue weighted by atomic mass is 9.87. The van der Waals surface area contributed by atoms with Gasteiger partial charge < -0.3 is 37.2 Å². The molecule has 4 atom stereocenters. The molecule has 9 N–H and O–H groups in total. The van der Waals surface area contributed by atoms with Crippen LogP contribution >= 0.6 is 11.6 Å². The average molecular weight is 818 g/mol. The van der Waals surface area contributed by atoms with Crippen LogP contribution in [0.2, 0.25) is 5.02 Å². The number of hydrogen-bond donors (Lipinski definition) is 7. The van der Waals surface area contributed by atoms with Crippen molar-refractivity contribution < 1.29 is 29.1 Å². The SMILES string of the molecule is NCCCC(=O)N[C@@H](Cc1c[nH]c2ccc(O)cc12)C(=O)C[C@@H](Cc1ccc(Cl)cc1)C(=O)N[C@@H](Cc1ccncc1)C(=O)C[C@H](Cc1c[nH]c2ccccc12)C(N)=O. The number of rotatable bonds is 21. The van der Waals surface area contributed by atoms with Gasteiger partial charge in [-0.1, -0.05) is 41.9 Å². The minimum absolute atomic E-state index is 0.0453. The molecule has 13 nitrogen and oxygen atoms in total. The third kappa shape index (κ3) is 11.4. The first-order valence-electron chi connectivity index (χ1n) is 19.6. The summed E-state index contributed by atoms with van der Waals surface area (Å²) in [5, 5.41) is 18.1. The Bertz CT molecular complexity index is 2410. The molecule has 0 saturated carbocycles. The Labute approximate surface area is 346 Å². The van der Waals surface area contributed by atoms with E-state index in [9.17, 15) is 29.1 Å². The topological polar surface area (TPSA) is 226 Å². The molecule has 3 aromatic carbocycles. The number of nitrogens with two attached hydrogens (primary N) is 2. The highest BCUT2D eigenvalue weighted by molar-refractivity contribution is 6.30. The van der Waals surface area contributed by atoms with Crippen LogP contribution in [0.15, 0.2) is 104 Å². The number of hydrogen-bond acceptors (Lipinski definition) is 8. The second kappa shape index (κ2) is 19.9. The number of ketones is 2. The average Bonchev–Trinajstić information content (AvgIpc) is 3.83. The number of nitrogens with one attached hydrogen (secondary N) is 4. The van der Waals surface area contributed by atoms with Crippen molar-refractivity contribution in [2.45, 2.75) is 63.5 Å². The molecule has 6 rings (SSSR count). The molecule has 6 aromatic rings. The number of carbonyl (C=O) groups excluding carboxylic acids is 5. The molecule has 0 aliphatic rings. The number of fused-ring (bicyclic) bond motifs is 2. The lowest BCUT2D eigenvalue weighted by Crippen LogP contribution is -2.48. The monoisotopic (exact) mass is 817 g/mol. The number of pyridine rings is 1. The molecule has 0 aliphatic carbocycles. The summed E-state index contributed by atoms with van der Waals surface area (Å²) in [7, 11) is 0. The van der Waals surface area contributed by atoms with Gasteiger partial charge in [-0.15, -0.1) is 0 Å². The number of aromatic nitrogens is 3. The number of H-pyrrole nitrogens is 2. The standard InChI is InChI=1S/C45H48ClN7O6/c46-33-9-7-27(8-10-33)18-30(23-42(56)40(52-43(57)6-3-15-47)21-32-26-51-38-12-11-34(54)24-36(32)38)45(59)53-39(19-28-13-16-49-17-14-28)41(55)22-29(44(48)58)20-31-25-50-37-5-2-1-4-35(31)37/h1-2,4-5,7-14,16-17,24-26,29-30,39-40,50-51,54H,3,6,15,18-23,47H2,(H2,48,58)(H,52,57)(H,53,59)/t29-,30+,39-,40-/m0/s1. The first-order chi connectivity index (χ1) is 28.5. The normalized spacial score (nSPS) is 13.4. The number of para-hydroxylation sites is 1. The third-order valence-electron chi connectivity index (χ3n) is 10.6. The molecule has 0 saturated heterocycles. The van der Waals surface area contributed by atoms with E-state index in [1.165, 1.54) is 0 Å². The van der Waals surface area contributed by atoms with Crippen LogP contribution in [0.5, 0.6) is 5.75 Å². The molecular weight excluding hydrogens is 770 g/mol. The van der Waals surface area contributed by atoms with Gasteiger partial charge in [-0.2, -0.15) is 0 Å². The summed E-state index contributed by atoms with van der Waals surface area (Å²) in [5.41, 5.74) is 16.1. The van der Waals surface area contributed by atoms with Crippen molar-refractivity contribution in [2.75, 3.05) is 6.54 Å². The van der Waals surface area contributed by atoms with Gasteiger partial charge in [0.05, 0.1) is 12.1 Å². The number of phenolic OH excluding ortho intramolecular Hbond substituents is 1. The van der Waals surface area contributed by atoms with E-state index in [1.54, 1.807) is 79.4 Å². The largest absolute Gasteiger partial charge is 0.508 e. The van der Waals surface area contributed by atoms with Crippen LogP contribution in [-0.4, -0.2) is 68.0 Å². The molecule has 3 heterocycles. The van der Waals surface area contributed by atoms with E-state index in [1.807, 2.05) is 24.3 Å². The molecule has 59 heavy (non-hydrogen) atoms. The fourth-order valence-corrected chi connectivity index (χ4v) is 7.52. The molecule has 0 radical (unpaired) electrons. The zero-order chi connectivity index (χ0) is 41.9. The molecule has 0 unspecified atom stereocenters. The fraction of sp³-hybridized carbons (Fsp3) is 0.289. The maximum Gasteiger partial charge on any atom is 0.224 e. The van der Waals surface area contributed by atoms with Gasteiger partial charge in [-0.3, -0.25) is 29.0 Å². The number of aromatic amines is 2. The summed E-state index contributed by atoms with van der Waals surface area (Å²) in [5.74, 6) is -4.17. The highest BCUT2D eigenvalue weighted by Crippen LogP contribution is 2.26. The second-order valence-corrected chi connectivity index (χ2v) is 15.3. The first kappa shape index (κ1) is 42.3. The Kier molecular flexibility index (Phi) is 14.3. The molecule has 0 bridgehead atoms. The number of amides is 3. The number of benzene rings is 3. The van der Waals surface area contributed by atoms with Gasteiger partial charge in [0.25, 0.3) is 0 Å². The van der Waals surface area contributed by atoms with Gasteiger partial charge in [0.2, 0.25) is 17.7 Å². The fourth-order valence-electron chi connectivity index (χ4n) is 7.39. The molecule has 3 amide bonds. The van der Waals surface area contributed by atoms with E-state index in [-0.39, 0.29) is 56.6 Å². The maximum absolute atomic E-state index is 14.5. The van der Waals surface area contributed by atoms with Crippen molar-refractivity contribution in [3.63, 3.8) is 0 Å². The number of Topliss-reactive ketones (excluding diaryl/α,β-unsaturated/α-hetero) is 2. The third-order valence-corrected chi connectivity index (χ3v) is 10.9. The van der Waals surface area contributed by atoms with Crippen molar-refractivity contribution in [1.82, 2.24) is 25.6 Å².